The number of aromatic nitrogens is 1. The first-order valence-corrected chi connectivity index (χ1v) is 3.96. The van der Waals surface area contributed by atoms with Gasteiger partial charge in [0.15, 0.2) is 11.6 Å². The summed E-state index contributed by atoms with van der Waals surface area (Å²) in [4.78, 5) is 3.34. The monoisotopic (exact) mass is 274 g/mol. The topological polar surface area (TPSA) is 48.1 Å². The second kappa shape index (κ2) is 3.60. The largest absolute Gasteiger partial charge is 0.573 e. The minimum absolute atomic E-state index is 0.0457. The molecule has 2 N–H and O–H groups in total. The van der Waals surface area contributed by atoms with E-state index in [1.165, 1.54) is 0 Å². The van der Waals surface area contributed by atoms with Crippen LogP contribution in [0.25, 0.3) is 0 Å². The van der Waals surface area contributed by atoms with Gasteiger partial charge in [0.1, 0.15) is 4.60 Å². The SMILES string of the molecule is Nc1nc(Br)cc(OC(F)(F)F)c1F. The lowest BCUT2D eigenvalue weighted by atomic mass is 10.4. The highest BCUT2D eigenvalue weighted by Gasteiger charge is 2.33. The van der Waals surface area contributed by atoms with Crippen LogP contribution in [-0.4, -0.2) is 11.3 Å². The van der Waals surface area contributed by atoms with E-state index in [0.29, 0.717) is 0 Å². The zero-order valence-corrected chi connectivity index (χ0v) is 7.99. The molecule has 0 radical (unpaired) electrons. The summed E-state index contributed by atoms with van der Waals surface area (Å²) >= 11 is 2.75. The van der Waals surface area contributed by atoms with Gasteiger partial charge in [-0.25, -0.2) is 4.98 Å². The van der Waals surface area contributed by atoms with Crippen LogP contribution in [0.4, 0.5) is 23.4 Å². The third-order valence-corrected chi connectivity index (χ3v) is 1.55. The van der Waals surface area contributed by atoms with Crippen molar-refractivity contribution >= 4 is 21.7 Å². The van der Waals surface area contributed by atoms with Gasteiger partial charge in [-0.3, -0.25) is 0 Å². The molecule has 3 nitrogen and oxygen atoms in total. The Bertz CT molecular complexity index is 354. The van der Waals surface area contributed by atoms with Crippen LogP contribution >= 0.6 is 15.9 Å². The minimum atomic E-state index is -4.96. The van der Waals surface area contributed by atoms with Gasteiger partial charge in [-0.15, -0.1) is 13.2 Å². The lowest BCUT2D eigenvalue weighted by Crippen LogP contribution is -2.18. The van der Waals surface area contributed by atoms with Gasteiger partial charge < -0.3 is 10.5 Å². The van der Waals surface area contributed by atoms with E-state index >= 15 is 0 Å². The Morgan fingerprint density at radius 2 is 2.00 bits per heavy atom. The van der Waals surface area contributed by atoms with E-state index in [9.17, 15) is 17.6 Å². The number of nitrogens with two attached hydrogens (primary N) is 1. The quantitative estimate of drug-likeness (QED) is 0.632. The molecule has 0 aliphatic heterocycles. The Morgan fingerprint density at radius 3 is 2.50 bits per heavy atom. The van der Waals surface area contributed by atoms with Crippen LogP contribution in [0.3, 0.4) is 0 Å². The summed E-state index contributed by atoms with van der Waals surface area (Å²) in [7, 11) is 0. The number of hydrogen-bond acceptors (Lipinski definition) is 3. The third-order valence-electron chi connectivity index (χ3n) is 1.14. The van der Waals surface area contributed by atoms with Crippen LogP contribution < -0.4 is 10.5 Å². The molecule has 0 aliphatic rings. The molecule has 0 fully saturated rings. The number of nitrogen functional groups attached to an aromatic ring is 1. The van der Waals surface area contributed by atoms with Gasteiger partial charge in [0.2, 0.25) is 5.82 Å². The average molecular weight is 275 g/mol. The smallest absolute Gasteiger partial charge is 0.402 e. The lowest BCUT2D eigenvalue weighted by molar-refractivity contribution is -0.275. The van der Waals surface area contributed by atoms with Crippen molar-refractivity contribution in [3.05, 3.63) is 16.5 Å². The molecule has 0 aromatic carbocycles. The summed E-state index contributed by atoms with van der Waals surface area (Å²) in [5.74, 6) is -3.03. The van der Waals surface area contributed by atoms with Gasteiger partial charge >= 0.3 is 6.36 Å². The number of nitrogens with zero attached hydrogens (tertiary/aromatic N) is 1. The molecule has 1 aromatic rings. The zero-order chi connectivity index (χ0) is 10.9. The fraction of sp³-hybridized carbons (Fsp3) is 0.167. The number of halogens is 5. The van der Waals surface area contributed by atoms with E-state index in [0.717, 1.165) is 6.07 Å². The second-order valence-electron chi connectivity index (χ2n) is 2.19. The molecule has 0 saturated heterocycles. The highest BCUT2D eigenvalue weighted by atomic mass is 79.9. The zero-order valence-electron chi connectivity index (χ0n) is 6.40. The van der Waals surface area contributed by atoms with Gasteiger partial charge in [0.25, 0.3) is 0 Å². The molecular formula is C6H3BrF4N2O. The lowest BCUT2D eigenvalue weighted by Gasteiger charge is -2.10. The fourth-order valence-corrected chi connectivity index (χ4v) is 1.09. The predicted molar refractivity (Wildman–Crippen MR) is 43.0 cm³/mol. The Hall–Kier alpha value is -1.05. The van der Waals surface area contributed by atoms with E-state index in [1.54, 1.807) is 0 Å². The molecule has 8 heteroatoms. The van der Waals surface area contributed by atoms with Crippen molar-refractivity contribution in [3.63, 3.8) is 0 Å². The Kier molecular flexibility index (Phi) is 2.84. The van der Waals surface area contributed by atoms with Crippen molar-refractivity contribution < 1.29 is 22.3 Å². The van der Waals surface area contributed by atoms with Crippen molar-refractivity contribution in [3.8, 4) is 5.75 Å². The van der Waals surface area contributed by atoms with E-state index in [-0.39, 0.29) is 4.60 Å². The summed E-state index contributed by atoms with van der Waals surface area (Å²) < 4.78 is 51.4. The summed E-state index contributed by atoms with van der Waals surface area (Å²) in [5, 5.41) is 0. The Balaban J connectivity index is 3.09. The van der Waals surface area contributed by atoms with Crippen LogP contribution in [0.1, 0.15) is 0 Å². The van der Waals surface area contributed by atoms with Crippen molar-refractivity contribution in [2.24, 2.45) is 0 Å². The molecule has 14 heavy (non-hydrogen) atoms. The molecule has 0 bridgehead atoms. The first kappa shape index (κ1) is 11.0. The minimum Gasteiger partial charge on any atom is -0.402 e. The van der Waals surface area contributed by atoms with Crippen molar-refractivity contribution in [2.75, 3.05) is 5.73 Å². The third kappa shape index (κ3) is 2.72. The number of rotatable bonds is 1. The van der Waals surface area contributed by atoms with Crippen LogP contribution in [0.15, 0.2) is 10.7 Å². The number of anilines is 1. The highest BCUT2D eigenvalue weighted by molar-refractivity contribution is 9.10. The molecular weight excluding hydrogens is 272 g/mol. The van der Waals surface area contributed by atoms with Crippen molar-refractivity contribution in [2.45, 2.75) is 6.36 Å². The Morgan fingerprint density at radius 1 is 1.43 bits per heavy atom. The standard InChI is InChI=1S/C6H3BrF4N2O/c7-3-1-2(14-6(9,10)11)4(8)5(12)13-3/h1H,(H2,12,13). The predicted octanol–water partition coefficient (Wildman–Crippen LogP) is 2.46. The van der Waals surface area contributed by atoms with E-state index in [2.05, 4.69) is 25.7 Å². The van der Waals surface area contributed by atoms with E-state index < -0.39 is 23.7 Å². The van der Waals surface area contributed by atoms with E-state index in [4.69, 9.17) is 5.73 Å². The number of alkyl halides is 3. The molecule has 0 spiro atoms. The van der Waals surface area contributed by atoms with Gasteiger partial charge in [-0.2, -0.15) is 4.39 Å². The molecule has 0 aliphatic carbocycles. The Labute approximate surface area is 84.0 Å². The molecule has 1 rings (SSSR count). The highest BCUT2D eigenvalue weighted by Crippen LogP contribution is 2.29. The number of pyridine rings is 1. The van der Waals surface area contributed by atoms with Gasteiger partial charge in [0, 0.05) is 6.07 Å². The molecule has 0 unspecified atom stereocenters. The number of ether oxygens (including phenoxy) is 1. The van der Waals surface area contributed by atoms with Gasteiger partial charge in [0.05, 0.1) is 0 Å². The first-order chi connectivity index (χ1) is 6.29. The maximum absolute atomic E-state index is 12.9. The van der Waals surface area contributed by atoms with Crippen LogP contribution in [0.5, 0.6) is 5.75 Å². The second-order valence-corrected chi connectivity index (χ2v) is 3.00. The van der Waals surface area contributed by atoms with E-state index in [1.807, 2.05) is 0 Å². The molecule has 1 heterocycles. The summed E-state index contributed by atoms with van der Waals surface area (Å²) in [5.41, 5.74) is 4.98. The molecule has 0 atom stereocenters. The maximum Gasteiger partial charge on any atom is 0.573 e. The molecule has 0 amide bonds. The van der Waals surface area contributed by atoms with Crippen molar-refractivity contribution in [1.29, 1.82) is 0 Å². The maximum atomic E-state index is 12.9. The van der Waals surface area contributed by atoms with Crippen molar-refractivity contribution in [1.82, 2.24) is 4.98 Å². The molecule has 78 valence electrons. The first-order valence-electron chi connectivity index (χ1n) is 3.17. The number of hydrogen-bond donors (Lipinski definition) is 1. The summed E-state index contributed by atoms with van der Waals surface area (Å²) in [6, 6.07) is 0.735. The van der Waals surface area contributed by atoms with Gasteiger partial charge in [-0.05, 0) is 15.9 Å². The van der Waals surface area contributed by atoms with Crippen LogP contribution in [0.2, 0.25) is 0 Å². The summed E-state index contributed by atoms with van der Waals surface area (Å²) in [6.07, 6.45) is -4.96. The van der Waals surface area contributed by atoms with Crippen LogP contribution in [0, 0.1) is 5.82 Å². The van der Waals surface area contributed by atoms with Gasteiger partial charge in [-0.1, -0.05) is 0 Å². The molecule has 1 aromatic heterocycles. The average Bonchev–Trinajstić information content (AvgIpc) is 1.96. The van der Waals surface area contributed by atoms with Crippen LogP contribution in [-0.2, 0) is 0 Å². The normalized spacial score (nSPS) is 11.5. The molecule has 0 saturated carbocycles. The fourth-order valence-electron chi connectivity index (χ4n) is 0.693. The summed E-state index contributed by atoms with van der Waals surface area (Å²) in [6.45, 7) is 0.